The number of ether oxygens (including phenoxy) is 1. The summed E-state index contributed by atoms with van der Waals surface area (Å²) in [4.78, 5) is 8.87. The molecule has 2 N–H and O–H groups in total. The third kappa shape index (κ3) is 4.61. The summed E-state index contributed by atoms with van der Waals surface area (Å²) in [6.45, 7) is 1.32. The average molecular weight is 391 g/mol. The molecule has 0 atom stereocenters. The first-order valence-electron chi connectivity index (χ1n) is 8.54. The second kappa shape index (κ2) is 8.92. The Hall–Kier alpha value is -2.51. The molecule has 0 aliphatic carbocycles. The molecule has 1 aliphatic rings. The van der Waals surface area contributed by atoms with Crippen molar-refractivity contribution < 1.29 is 14.3 Å². The van der Waals surface area contributed by atoms with Crippen molar-refractivity contribution >= 4 is 29.0 Å². The molecule has 0 spiro atoms. The molecule has 0 unspecified atom stereocenters. The fourth-order valence-corrected chi connectivity index (χ4v) is 3.15. The molecule has 1 aliphatic heterocycles. The van der Waals surface area contributed by atoms with Gasteiger partial charge in [-0.05, 0) is 30.2 Å². The highest BCUT2D eigenvalue weighted by Crippen LogP contribution is 2.26. The van der Waals surface area contributed by atoms with E-state index in [1.54, 1.807) is 25.4 Å². The number of oxime groups is 1. The van der Waals surface area contributed by atoms with E-state index in [0.29, 0.717) is 37.5 Å². The zero-order valence-corrected chi connectivity index (χ0v) is 15.6. The van der Waals surface area contributed by atoms with E-state index in [1.807, 2.05) is 0 Å². The van der Waals surface area contributed by atoms with Crippen LogP contribution in [0.1, 0.15) is 23.1 Å². The summed E-state index contributed by atoms with van der Waals surface area (Å²) in [6.07, 6.45) is 3.38. The summed E-state index contributed by atoms with van der Waals surface area (Å²) >= 11 is 5.85. The van der Waals surface area contributed by atoms with Crippen LogP contribution >= 0.6 is 11.6 Å². The summed E-state index contributed by atoms with van der Waals surface area (Å²) in [6, 6.07) is 6.25. The molecule has 0 amide bonds. The number of nitrogens with zero attached hydrogens (tertiary/aromatic N) is 3. The molecule has 0 radical (unpaired) electrons. The maximum atomic E-state index is 13.4. The highest BCUT2D eigenvalue weighted by atomic mass is 35.5. The van der Waals surface area contributed by atoms with Gasteiger partial charge in [-0.1, -0.05) is 22.8 Å². The average Bonchev–Trinajstić information content (AvgIpc) is 3.09. The largest absolute Gasteiger partial charge is 0.411 e. The number of amidine groups is 1. The molecule has 6 nitrogen and oxygen atoms in total. The fourth-order valence-electron chi connectivity index (χ4n) is 2.94. The summed E-state index contributed by atoms with van der Waals surface area (Å²) in [5.41, 5.74) is 2.90. The molecule has 27 heavy (non-hydrogen) atoms. The number of aromatic nitrogens is 1. The first kappa shape index (κ1) is 19.3. The number of halogens is 2. The molecule has 0 bridgehead atoms. The van der Waals surface area contributed by atoms with Crippen LogP contribution in [0.15, 0.2) is 40.6 Å². The number of nitrogens with one attached hydrogen (secondary N) is 1. The van der Waals surface area contributed by atoms with Gasteiger partial charge in [0.15, 0.2) is 0 Å². The van der Waals surface area contributed by atoms with Gasteiger partial charge in [0.2, 0.25) is 0 Å². The fraction of sp³-hybridized carbons (Fsp3) is 0.316. The number of benzene rings is 1. The van der Waals surface area contributed by atoms with Crippen LogP contribution in [-0.4, -0.2) is 42.0 Å². The predicted octanol–water partition coefficient (Wildman–Crippen LogP) is 3.70. The lowest BCUT2D eigenvalue weighted by atomic mass is 9.98. The molecule has 142 valence electrons. The van der Waals surface area contributed by atoms with E-state index in [1.165, 1.54) is 12.1 Å². The monoisotopic (exact) mass is 390 g/mol. The Balaban J connectivity index is 1.80. The number of pyridine rings is 1. The maximum Gasteiger partial charge on any atom is 0.141 e. The summed E-state index contributed by atoms with van der Waals surface area (Å²) in [7, 11) is 1.66. The highest BCUT2D eigenvalue weighted by Gasteiger charge is 2.23. The summed E-state index contributed by atoms with van der Waals surface area (Å²) in [5.74, 6) is 1.05. The van der Waals surface area contributed by atoms with Gasteiger partial charge >= 0.3 is 0 Å². The Kier molecular flexibility index (Phi) is 6.36. The molecule has 8 heteroatoms. The number of methoxy groups -OCH3 is 1. The highest BCUT2D eigenvalue weighted by molar-refractivity contribution is 6.30. The van der Waals surface area contributed by atoms with Gasteiger partial charge in [-0.25, -0.2) is 9.37 Å². The number of rotatable bonds is 7. The van der Waals surface area contributed by atoms with E-state index in [9.17, 15) is 9.60 Å². The van der Waals surface area contributed by atoms with Crippen LogP contribution in [0, 0.1) is 5.82 Å². The van der Waals surface area contributed by atoms with Crippen molar-refractivity contribution in [3.8, 4) is 0 Å². The minimum atomic E-state index is -0.480. The molecule has 2 heterocycles. The van der Waals surface area contributed by atoms with E-state index >= 15 is 0 Å². The first-order valence-corrected chi connectivity index (χ1v) is 8.92. The minimum Gasteiger partial charge on any atom is -0.411 e. The Labute approximate surface area is 161 Å². The number of anilines is 1. The normalized spacial score (nSPS) is 15.1. The summed E-state index contributed by atoms with van der Waals surface area (Å²) in [5, 5.41) is 16.3. The molecular weight excluding hydrogens is 371 g/mol. The van der Waals surface area contributed by atoms with Crippen LogP contribution < -0.4 is 5.32 Å². The minimum absolute atomic E-state index is 0.0388. The number of hydrogen-bond donors (Lipinski definition) is 2. The first-order chi connectivity index (χ1) is 13.1. The van der Waals surface area contributed by atoms with Gasteiger partial charge in [-0.15, -0.1) is 0 Å². The van der Waals surface area contributed by atoms with Gasteiger partial charge in [-0.2, -0.15) is 0 Å². The van der Waals surface area contributed by atoms with Gasteiger partial charge in [0.25, 0.3) is 0 Å². The Morgan fingerprint density at radius 2 is 2.26 bits per heavy atom. The molecule has 0 saturated heterocycles. The number of aliphatic imine (C=N–C) groups is 1. The van der Waals surface area contributed by atoms with E-state index in [2.05, 4.69) is 20.4 Å². The van der Waals surface area contributed by atoms with Gasteiger partial charge in [0, 0.05) is 50.4 Å². The lowest BCUT2D eigenvalue weighted by molar-refractivity contribution is 0.197. The molecule has 0 fully saturated rings. The topological polar surface area (TPSA) is 79.1 Å². The second-order valence-electron chi connectivity index (χ2n) is 6.13. The quantitative estimate of drug-likeness (QED) is 0.327. The molecule has 3 rings (SSSR count). The zero-order chi connectivity index (χ0) is 19.2. The van der Waals surface area contributed by atoms with Crippen LogP contribution in [0.4, 0.5) is 10.2 Å². The van der Waals surface area contributed by atoms with Crippen molar-refractivity contribution in [2.45, 2.75) is 19.3 Å². The standard InChI is InChI=1S/C19H20ClFN4O2/c1-27-8-2-6-22-18-11-14-13(5-7-23-19(14)24-18)17(25-26)10-12-3-4-16(21)15(20)9-12/h3-5,7,9,26H,2,6,8,10-11H2,1H3,(H,22,23,24)/b25-17+. The van der Waals surface area contributed by atoms with Crippen molar-refractivity contribution in [3.63, 3.8) is 0 Å². The van der Waals surface area contributed by atoms with Gasteiger partial charge in [-0.3, -0.25) is 4.99 Å². The van der Waals surface area contributed by atoms with E-state index in [0.717, 1.165) is 28.9 Å². The van der Waals surface area contributed by atoms with Crippen LogP contribution in [0.25, 0.3) is 0 Å². The van der Waals surface area contributed by atoms with Crippen LogP contribution in [-0.2, 0) is 17.6 Å². The molecule has 0 saturated carbocycles. The lowest BCUT2D eigenvalue weighted by Crippen LogP contribution is -2.10. The van der Waals surface area contributed by atoms with E-state index < -0.39 is 5.82 Å². The van der Waals surface area contributed by atoms with Crippen molar-refractivity contribution in [3.05, 3.63) is 58.0 Å². The van der Waals surface area contributed by atoms with Crippen molar-refractivity contribution in [1.82, 2.24) is 4.98 Å². The molecule has 1 aromatic heterocycles. The van der Waals surface area contributed by atoms with Gasteiger partial charge in [0.05, 0.1) is 10.7 Å². The van der Waals surface area contributed by atoms with Crippen LogP contribution in [0.3, 0.4) is 0 Å². The zero-order valence-electron chi connectivity index (χ0n) is 14.9. The van der Waals surface area contributed by atoms with Crippen molar-refractivity contribution in [2.75, 3.05) is 25.6 Å². The van der Waals surface area contributed by atoms with Crippen LogP contribution in [0.2, 0.25) is 5.02 Å². The van der Waals surface area contributed by atoms with Gasteiger partial charge < -0.3 is 15.3 Å². The third-order valence-corrected chi connectivity index (χ3v) is 4.55. The maximum absolute atomic E-state index is 13.4. The molecule has 2 aromatic rings. The number of fused-ring (bicyclic) bond motifs is 1. The molecule has 1 aromatic carbocycles. The summed E-state index contributed by atoms with van der Waals surface area (Å²) < 4.78 is 18.4. The van der Waals surface area contributed by atoms with Crippen molar-refractivity contribution in [2.24, 2.45) is 10.1 Å². The number of hydrogen-bond acceptors (Lipinski definition) is 5. The lowest BCUT2D eigenvalue weighted by Gasteiger charge is -2.09. The molecular formula is C19H20ClFN4O2. The third-order valence-electron chi connectivity index (χ3n) is 4.26. The van der Waals surface area contributed by atoms with Crippen molar-refractivity contribution in [1.29, 1.82) is 0 Å². The van der Waals surface area contributed by atoms with Crippen LogP contribution in [0.5, 0.6) is 0 Å². The second-order valence-corrected chi connectivity index (χ2v) is 6.54. The Morgan fingerprint density at radius 1 is 1.41 bits per heavy atom. The smallest absolute Gasteiger partial charge is 0.141 e. The Morgan fingerprint density at radius 3 is 3.00 bits per heavy atom. The Bertz CT molecular complexity index is 886. The van der Waals surface area contributed by atoms with E-state index in [4.69, 9.17) is 16.3 Å². The SMILES string of the molecule is COCCCN=C1Cc2c(/C(Cc3ccc(F)c(Cl)c3)=N/O)ccnc2N1. The van der Waals surface area contributed by atoms with Gasteiger partial charge in [0.1, 0.15) is 17.5 Å². The van der Waals surface area contributed by atoms with E-state index in [-0.39, 0.29) is 5.02 Å². The predicted molar refractivity (Wildman–Crippen MR) is 104 cm³/mol.